The molecule has 2 aliphatic rings. The number of likely N-dealkylation sites (tertiary alicyclic amines) is 1. The van der Waals surface area contributed by atoms with Crippen LogP contribution in [-0.4, -0.2) is 72.4 Å². The highest BCUT2D eigenvalue weighted by atomic mass is 32.1. The zero-order valence-corrected chi connectivity index (χ0v) is 14.3. The van der Waals surface area contributed by atoms with Gasteiger partial charge in [0.05, 0.1) is 30.5 Å². The number of rotatable bonds is 4. The summed E-state index contributed by atoms with van der Waals surface area (Å²) < 4.78 is 5.94. The largest absolute Gasteiger partial charge is 0.395 e. The summed E-state index contributed by atoms with van der Waals surface area (Å²) in [5.74, 6) is 0. The molecule has 1 aromatic heterocycles. The zero-order chi connectivity index (χ0) is 15.4. The maximum absolute atomic E-state index is 9.22. The van der Waals surface area contributed by atoms with Crippen molar-refractivity contribution in [3.8, 4) is 0 Å². The van der Waals surface area contributed by atoms with E-state index in [0.717, 1.165) is 57.5 Å². The fourth-order valence-electron chi connectivity index (χ4n) is 3.82. The summed E-state index contributed by atoms with van der Waals surface area (Å²) >= 11 is 1.73. The first kappa shape index (κ1) is 16.3. The summed E-state index contributed by atoms with van der Waals surface area (Å²) in [7, 11) is 0. The summed E-state index contributed by atoms with van der Waals surface area (Å²) in [6, 6.07) is 0. The third-order valence-electron chi connectivity index (χ3n) is 4.73. The lowest BCUT2D eigenvalue weighted by molar-refractivity contribution is 0.000782. The molecule has 0 radical (unpaired) electrons. The number of β-amino-alcohol motifs (C(OH)–C–C–N with tert-alkyl or cyclic N) is 1. The predicted octanol–water partition coefficient (Wildman–Crippen LogP) is 1.36. The number of piperidine rings is 1. The highest BCUT2D eigenvalue weighted by molar-refractivity contribution is 7.09. The van der Waals surface area contributed by atoms with Gasteiger partial charge in [0.25, 0.3) is 0 Å². The normalized spacial score (nSPS) is 28.1. The number of nitrogens with zero attached hydrogens (tertiary/aromatic N) is 3. The molecular weight excluding hydrogens is 298 g/mol. The minimum atomic E-state index is 0.217. The topological polar surface area (TPSA) is 48.8 Å². The lowest BCUT2D eigenvalue weighted by atomic mass is 9.80. The van der Waals surface area contributed by atoms with Gasteiger partial charge in [0, 0.05) is 43.5 Å². The minimum absolute atomic E-state index is 0.217. The first-order valence-electron chi connectivity index (χ1n) is 8.23. The van der Waals surface area contributed by atoms with Crippen LogP contribution in [0.1, 0.15) is 23.5 Å². The van der Waals surface area contributed by atoms with Crippen LogP contribution in [0.5, 0.6) is 0 Å². The van der Waals surface area contributed by atoms with Crippen LogP contribution in [0.15, 0.2) is 5.38 Å². The molecule has 0 unspecified atom stereocenters. The quantitative estimate of drug-likeness (QED) is 0.906. The lowest BCUT2D eigenvalue weighted by Gasteiger charge is -2.43. The van der Waals surface area contributed by atoms with E-state index in [-0.39, 0.29) is 12.0 Å². The fourth-order valence-corrected chi connectivity index (χ4v) is 4.42. The van der Waals surface area contributed by atoms with E-state index >= 15 is 0 Å². The molecule has 6 heteroatoms. The average Bonchev–Trinajstić information content (AvgIpc) is 2.79. The van der Waals surface area contributed by atoms with Crippen molar-refractivity contribution in [1.82, 2.24) is 14.8 Å². The number of aliphatic hydroxyl groups excluding tert-OH is 1. The molecule has 22 heavy (non-hydrogen) atoms. The van der Waals surface area contributed by atoms with E-state index < -0.39 is 0 Å². The highest BCUT2D eigenvalue weighted by Crippen LogP contribution is 2.33. The summed E-state index contributed by atoms with van der Waals surface area (Å²) in [5.41, 5.74) is 1.40. The number of aromatic nitrogens is 1. The Morgan fingerprint density at radius 3 is 3.00 bits per heavy atom. The van der Waals surface area contributed by atoms with Crippen LogP contribution in [0.2, 0.25) is 0 Å². The summed E-state index contributed by atoms with van der Waals surface area (Å²) in [6.07, 6.45) is 2.43. The Balaban J connectivity index is 1.66. The van der Waals surface area contributed by atoms with Crippen LogP contribution in [0, 0.1) is 12.3 Å². The monoisotopic (exact) mass is 325 g/mol. The van der Waals surface area contributed by atoms with E-state index in [1.807, 2.05) is 0 Å². The Bertz CT molecular complexity index is 480. The van der Waals surface area contributed by atoms with Gasteiger partial charge in [-0.05, 0) is 26.3 Å². The molecule has 1 N–H and O–H groups in total. The van der Waals surface area contributed by atoms with Gasteiger partial charge < -0.3 is 14.7 Å². The van der Waals surface area contributed by atoms with E-state index in [4.69, 9.17) is 4.74 Å². The molecule has 3 heterocycles. The second-order valence-corrected chi connectivity index (χ2v) is 7.79. The van der Waals surface area contributed by atoms with Gasteiger partial charge in [-0.2, -0.15) is 0 Å². The molecule has 1 spiro atoms. The third kappa shape index (κ3) is 4.06. The van der Waals surface area contributed by atoms with E-state index in [1.165, 1.54) is 18.5 Å². The number of aryl methyl sites for hydroxylation is 1. The highest BCUT2D eigenvalue weighted by Gasteiger charge is 2.38. The van der Waals surface area contributed by atoms with Crippen molar-refractivity contribution in [3.63, 3.8) is 0 Å². The van der Waals surface area contributed by atoms with Crippen LogP contribution in [0.4, 0.5) is 0 Å². The molecule has 2 saturated heterocycles. The molecule has 124 valence electrons. The fraction of sp³-hybridized carbons (Fsp3) is 0.812. The molecule has 0 amide bonds. The van der Waals surface area contributed by atoms with Gasteiger partial charge in [0.2, 0.25) is 0 Å². The summed E-state index contributed by atoms with van der Waals surface area (Å²) in [6.45, 7) is 9.89. The first-order valence-corrected chi connectivity index (χ1v) is 9.11. The molecule has 1 atom stereocenters. The van der Waals surface area contributed by atoms with E-state index in [1.54, 1.807) is 11.3 Å². The molecule has 0 aromatic carbocycles. The SMILES string of the molecule is Cc1nc(CN2CCOC[C@@]3(CCCN(CCO)C3)C2)cs1. The van der Waals surface area contributed by atoms with Gasteiger partial charge in [-0.1, -0.05) is 0 Å². The van der Waals surface area contributed by atoms with Crippen LogP contribution in [0.25, 0.3) is 0 Å². The Morgan fingerprint density at radius 1 is 1.36 bits per heavy atom. The van der Waals surface area contributed by atoms with Gasteiger partial charge >= 0.3 is 0 Å². The molecular formula is C16H27N3O2S. The Hall–Kier alpha value is -0.530. The van der Waals surface area contributed by atoms with Gasteiger partial charge in [0.1, 0.15) is 0 Å². The van der Waals surface area contributed by atoms with E-state index in [9.17, 15) is 5.11 Å². The Kier molecular flexibility index (Phi) is 5.46. The molecule has 5 nitrogen and oxygen atoms in total. The van der Waals surface area contributed by atoms with Crippen molar-refractivity contribution in [2.45, 2.75) is 26.3 Å². The molecule has 2 fully saturated rings. The standard InChI is InChI=1S/C16H27N3O2S/c1-14-17-15(10-22-14)9-19-6-8-21-13-16(12-19)3-2-4-18(11-16)5-7-20/h10,20H,2-9,11-13H2,1H3/t16-/m1/s1. The van der Waals surface area contributed by atoms with Crippen molar-refractivity contribution < 1.29 is 9.84 Å². The predicted molar refractivity (Wildman–Crippen MR) is 88.1 cm³/mol. The number of thiazole rings is 1. The van der Waals surface area contributed by atoms with Crippen molar-refractivity contribution >= 4 is 11.3 Å². The Labute approximate surface area is 136 Å². The van der Waals surface area contributed by atoms with Crippen molar-refractivity contribution in [2.75, 3.05) is 52.5 Å². The Morgan fingerprint density at radius 2 is 2.23 bits per heavy atom. The molecule has 0 aliphatic carbocycles. The number of hydrogen-bond acceptors (Lipinski definition) is 6. The number of aliphatic hydroxyl groups is 1. The van der Waals surface area contributed by atoms with Crippen LogP contribution < -0.4 is 0 Å². The second-order valence-electron chi connectivity index (χ2n) is 6.72. The second kappa shape index (κ2) is 7.36. The smallest absolute Gasteiger partial charge is 0.0897 e. The first-order chi connectivity index (χ1) is 10.7. The van der Waals surface area contributed by atoms with Crippen LogP contribution >= 0.6 is 11.3 Å². The molecule has 3 rings (SSSR count). The van der Waals surface area contributed by atoms with Crippen molar-refractivity contribution in [2.24, 2.45) is 5.41 Å². The van der Waals surface area contributed by atoms with Crippen LogP contribution in [0.3, 0.4) is 0 Å². The van der Waals surface area contributed by atoms with Crippen molar-refractivity contribution in [1.29, 1.82) is 0 Å². The number of hydrogen-bond donors (Lipinski definition) is 1. The van der Waals surface area contributed by atoms with Gasteiger partial charge in [-0.3, -0.25) is 4.90 Å². The maximum atomic E-state index is 9.22. The zero-order valence-electron chi connectivity index (χ0n) is 13.5. The van der Waals surface area contributed by atoms with Gasteiger partial charge in [-0.25, -0.2) is 4.98 Å². The maximum Gasteiger partial charge on any atom is 0.0897 e. The third-order valence-corrected chi connectivity index (χ3v) is 5.55. The molecule has 2 aliphatic heterocycles. The lowest BCUT2D eigenvalue weighted by Crippen LogP contribution is -2.50. The van der Waals surface area contributed by atoms with E-state index in [0.29, 0.717) is 0 Å². The minimum Gasteiger partial charge on any atom is -0.395 e. The molecule has 0 saturated carbocycles. The number of ether oxygens (including phenoxy) is 1. The van der Waals surface area contributed by atoms with Gasteiger partial charge in [0.15, 0.2) is 0 Å². The van der Waals surface area contributed by atoms with Crippen LogP contribution in [-0.2, 0) is 11.3 Å². The van der Waals surface area contributed by atoms with Gasteiger partial charge in [-0.15, -0.1) is 11.3 Å². The summed E-state index contributed by atoms with van der Waals surface area (Å²) in [4.78, 5) is 9.50. The molecule has 0 bridgehead atoms. The van der Waals surface area contributed by atoms with E-state index in [2.05, 4.69) is 27.1 Å². The summed E-state index contributed by atoms with van der Waals surface area (Å²) in [5, 5.41) is 12.5. The molecule has 1 aromatic rings. The average molecular weight is 325 g/mol. The van der Waals surface area contributed by atoms with Crippen molar-refractivity contribution in [3.05, 3.63) is 16.1 Å².